The average Bonchev–Trinajstić information content (AvgIpc) is 2.97. The third-order valence-electron chi connectivity index (χ3n) is 4.17. The predicted octanol–water partition coefficient (Wildman–Crippen LogP) is 2.38. The Balaban J connectivity index is 1.72. The molecule has 3 amide bonds. The molecule has 1 aliphatic rings. The van der Waals surface area contributed by atoms with Gasteiger partial charge in [0.05, 0.1) is 7.11 Å². The molecule has 0 radical (unpaired) electrons. The van der Waals surface area contributed by atoms with E-state index in [-0.39, 0.29) is 18.2 Å². The first-order chi connectivity index (χ1) is 12.5. The highest BCUT2D eigenvalue weighted by Crippen LogP contribution is 2.27. The van der Waals surface area contributed by atoms with Crippen LogP contribution in [0.3, 0.4) is 0 Å². The first kappa shape index (κ1) is 17.7. The number of urea groups is 1. The molecule has 1 fully saturated rings. The molecule has 26 heavy (non-hydrogen) atoms. The summed E-state index contributed by atoms with van der Waals surface area (Å²) in [4.78, 5) is 24.2. The van der Waals surface area contributed by atoms with Crippen molar-refractivity contribution < 1.29 is 23.1 Å². The topological polar surface area (TPSA) is 79.5 Å². The second-order valence-electron chi connectivity index (χ2n) is 5.83. The molecule has 6 nitrogen and oxygen atoms in total. The summed E-state index contributed by atoms with van der Waals surface area (Å²) in [7, 11) is 1.36. The summed E-state index contributed by atoms with van der Waals surface area (Å²) in [5, 5.41) is 7.76. The molecule has 2 atom stereocenters. The number of hydrogen-bond donors (Lipinski definition) is 3. The summed E-state index contributed by atoms with van der Waals surface area (Å²) >= 11 is 0. The van der Waals surface area contributed by atoms with E-state index >= 15 is 0 Å². The van der Waals surface area contributed by atoms with E-state index in [1.807, 2.05) is 0 Å². The van der Waals surface area contributed by atoms with Crippen molar-refractivity contribution in [2.45, 2.75) is 12.0 Å². The van der Waals surface area contributed by atoms with E-state index in [0.29, 0.717) is 11.3 Å². The maximum absolute atomic E-state index is 14.0. The molecule has 8 heteroatoms. The number of ether oxygens (including phenoxy) is 1. The minimum atomic E-state index is -0.858. The van der Waals surface area contributed by atoms with Crippen LogP contribution in [0.25, 0.3) is 0 Å². The van der Waals surface area contributed by atoms with Crippen LogP contribution in [0.4, 0.5) is 19.3 Å². The van der Waals surface area contributed by atoms with Gasteiger partial charge in [-0.05, 0) is 42.0 Å². The second kappa shape index (κ2) is 7.38. The smallest absolute Gasteiger partial charge is 0.319 e. The van der Waals surface area contributed by atoms with Gasteiger partial charge in [0.2, 0.25) is 5.91 Å². The standard InChI is InChI=1S/C18H17F2N3O3/c1-26-15-7-2-10(8-14(15)20)13-9-21-17(24)16(13)23-18(25)22-12-5-3-11(19)4-6-12/h2-8,13,16H,9H2,1H3,(H,21,24)(H2,22,23,25). The molecule has 0 aliphatic carbocycles. The maximum Gasteiger partial charge on any atom is 0.319 e. The number of benzene rings is 2. The maximum atomic E-state index is 14.0. The van der Waals surface area contributed by atoms with Crippen LogP contribution in [0.5, 0.6) is 5.75 Å². The van der Waals surface area contributed by atoms with Crippen molar-refractivity contribution in [1.82, 2.24) is 10.6 Å². The van der Waals surface area contributed by atoms with Crippen molar-refractivity contribution in [2.75, 3.05) is 19.0 Å². The minimum absolute atomic E-state index is 0.101. The number of hydrogen-bond acceptors (Lipinski definition) is 3. The van der Waals surface area contributed by atoms with E-state index in [1.54, 1.807) is 6.07 Å². The van der Waals surface area contributed by atoms with Crippen molar-refractivity contribution in [1.29, 1.82) is 0 Å². The number of rotatable bonds is 4. The lowest BCUT2D eigenvalue weighted by molar-refractivity contribution is -0.120. The van der Waals surface area contributed by atoms with Crippen LogP contribution in [0.2, 0.25) is 0 Å². The SMILES string of the molecule is COc1ccc(C2CNC(=O)C2NC(=O)Nc2ccc(F)cc2)cc1F. The van der Waals surface area contributed by atoms with Gasteiger partial charge in [-0.3, -0.25) is 4.79 Å². The van der Waals surface area contributed by atoms with Gasteiger partial charge in [-0.25, -0.2) is 13.6 Å². The van der Waals surface area contributed by atoms with Crippen molar-refractivity contribution >= 4 is 17.6 Å². The Hall–Kier alpha value is -3.16. The fourth-order valence-corrected chi connectivity index (χ4v) is 2.85. The Morgan fingerprint density at radius 3 is 2.58 bits per heavy atom. The van der Waals surface area contributed by atoms with Crippen molar-refractivity contribution in [2.24, 2.45) is 0 Å². The first-order valence-corrected chi connectivity index (χ1v) is 7.92. The van der Waals surface area contributed by atoms with Crippen LogP contribution in [-0.4, -0.2) is 31.6 Å². The zero-order valence-electron chi connectivity index (χ0n) is 13.9. The van der Waals surface area contributed by atoms with Gasteiger partial charge in [0.1, 0.15) is 11.9 Å². The van der Waals surface area contributed by atoms with Gasteiger partial charge < -0.3 is 20.7 Å². The molecule has 2 unspecified atom stereocenters. The quantitative estimate of drug-likeness (QED) is 0.782. The molecule has 0 spiro atoms. The summed E-state index contributed by atoms with van der Waals surface area (Å²) in [5.41, 5.74) is 0.947. The van der Waals surface area contributed by atoms with Crippen molar-refractivity contribution in [3.05, 3.63) is 59.7 Å². The first-order valence-electron chi connectivity index (χ1n) is 7.92. The molecule has 3 N–H and O–H groups in total. The highest BCUT2D eigenvalue weighted by atomic mass is 19.1. The van der Waals surface area contributed by atoms with E-state index in [4.69, 9.17) is 4.74 Å². The minimum Gasteiger partial charge on any atom is -0.494 e. The molecule has 3 rings (SSSR count). The molecule has 1 heterocycles. The molecule has 1 aliphatic heterocycles. The lowest BCUT2D eigenvalue weighted by Crippen LogP contribution is -2.44. The van der Waals surface area contributed by atoms with Gasteiger partial charge in [0.25, 0.3) is 0 Å². The number of carbonyl (C=O) groups excluding carboxylic acids is 2. The third-order valence-corrected chi connectivity index (χ3v) is 4.17. The number of methoxy groups -OCH3 is 1. The average molecular weight is 361 g/mol. The van der Waals surface area contributed by atoms with Crippen LogP contribution in [0.1, 0.15) is 11.5 Å². The Morgan fingerprint density at radius 1 is 1.19 bits per heavy atom. The molecule has 2 aromatic rings. The highest BCUT2D eigenvalue weighted by molar-refractivity contribution is 5.95. The fourth-order valence-electron chi connectivity index (χ4n) is 2.85. The van der Waals surface area contributed by atoms with Crippen LogP contribution in [0.15, 0.2) is 42.5 Å². The van der Waals surface area contributed by atoms with Gasteiger partial charge >= 0.3 is 6.03 Å². The number of nitrogens with one attached hydrogen (secondary N) is 3. The Morgan fingerprint density at radius 2 is 1.92 bits per heavy atom. The van der Waals surface area contributed by atoms with Crippen molar-refractivity contribution in [3.63, 3.8) is 0 Å². The van der Waals surface area contributed by atoms with Crippen LogP contribution in [0, 0.1) is 11.6 Å². The van der Waals surface area contributed by atoms with Crippen LogP contribution < -0.4 is 20.7 Å². The summed E-state index contributed by atoms with van der Waals surface area (Å²) < 4.78 is 31.7. The molecule has 0 aromatic heterocycles. The highest BCUT2D eigenvalue weighted by Gasteiger charge is 2.37. The predicted molar refractivity (Wildman–Crippen MR) is 91.0 cm³/mol. The molecular weight excluding hydrogens is 344 g/mol. The van der Waals surface area contributed by atoms with Gasteiger partial charge in [-0.2, -0.15) is 0 Å². The fraction of sp³-hybridized carbons (Fsp3) is 0.222. The van der Waals surface area contributed by atoms with Crippen molar-refractivity contribution in [3.8, 4) is 5.75 Å². The molecule has 2 aromatic carbocycles. The summed E-state index contributed by atoms with van der Waals surface area (Å²) in [6, 6.07) is 8.17. The largest absolute Gasteiger partial charge is 0.494 e. The lowest BCUT2D eigenvalue weighted by atomic mass is 9.94. The Bertz CT molecular complexity index is 827. The van der Waals surface area contributed by atoms with Gasteiger partial charge in [-0.1, -0.05) is 6.07 Å². The number of carbonyl (C=O) groups is 2. The van der Waals surface area contributed by atoms with Crippen LogP contribution >= 0.6 is 0 Å². The Labute approximate surface area is 148 Å². The number of anilines is 1. The summed E-state index contributed by atoms with van der Waals surface area (Å²) in [5.74, 6) is -1.65. The normalized spacial score (nSPS) is 19.0. The summed E-state index contributed by atoms with van der Waals surface area (Å²) in [6.45, 7) is 0.270. The van der Waals surface area contributed by atoms with E-state index in [9.17, 15) is 18.4 Å². The monoisotopic (exact) mass is 361 g/mol. The molecule has 0 saturated carbocycles. The molecular formula is C18H17F2N3O3. The number of halogens is 2. The van der Waals surface area contributed by atoms with E-state index in [1.165, 1.54) is 43.5 Å². The summed E-state index contributed by atoms with van der Waals surface area (Å²) in [6.07, 6.45) is 0. The zero-order valence-corrected chi connectivity index (χ0v) is 13.9. The number of amides is 3. The van der Waals surface area contributed by atoms with Gasteiger partial charge in [0, 0.05) is 18.2 Å². The second-order valence-corrected chi connectivity index (χ2v) is 5.83. The van der Waals surface area contributed by atoms with E-state index < -0.39 is 29.6 Å². The lowest BCUT2D eigenvalue weighted by Gasteiger charge is -2.19. The van der Waals surface area contributed by atoms with E-state index in [0.717, 1.165) is 0 Å². The van der Waals surface area contributed by atoms with Gasteiger partial charge in [0.15, 0.2) is 11.6 Å². The van der Waals surface area contributed by atoms with Gasteiger partial charge in [-0.15, -0.1) is 0 Å². The molecule has 136 valence electrons. The zero-order chi connectivity index (χ0) is 18.7. The van der Waals surface area contributed by atoms with Crippen LogP contribution in [-0.2, 0) is 4.79 Å². The Kier molecular flexibility index (Phi) is 5.01. The molecule has 1 saturated heterocycles. The van der Waals surface area contributed by atoms with E-state index in [2.05, 4.69) is 16.0 Å². The third kappa shape index (κ3) is 3.74. The molecule has 0 bridgehead atoms.